The maximum Gasteiger partial charge on any atom is 0.314 e. The van der Waals surface area contributed by atoms with E-state index in [2.05, 4.69) is 13.8 Å². The van der Waals surface area contributed by atoms with Gasteiger partial charge in [0.1, 0.15) is 18.5 Å². The number of esters is 2. The molecule has 1 aliphatic heterocycles. The molecule has 50 heavy (non-hydrogen) atoms. The van der Waals surface area contributed by atoms with Crippen LogP contribution in [0.3, 0.4) is 0 Å². The second-order valence-corrected chi connectivity index (χ2v) is 16.7. The number of ether oxygens (including phenoxy) is 5. The lowest BCUT2D eigenvalue weighted by Gasteiger charge is -2.37. The number of epoxide rings is 1. The van der Waals surface area contributed by atoms with Crippen molar-refractivity contribution in [2.45, 2.75) is 148 Å². The molecular formula is C43H66O7. The van der Waals surface area contributed by atoms with E-state index in [4.69, 9.17) is 23.7 Å². The van der Waals surface area contributed by atoms with Crippen molar-refractivity contribution in [2.24, 2.45) is 47.3 Å². The van der Waals surface area contributed by atoms with E-state index in [1.54, 1.807) is 18.2 Å². The lowest BCUT2D eigenvalue weighted by atomic mass is 9.69. The van der Waals surface area contributed by atoms with Crippen LogP contribution in [0, 0.1) is 47.3 Å². The first kappa shape index (κ1) is 37.6. The Kier molecular flexibility index (Phi) is 14.4. The van der Waals surface area contributed by atoms with Gasteiger partial charge in [-0.05, 0) is 125 Å². The Balaban J connectivity index is 0.987. The molecule has 1 unspecified atom stereocenters. The fraction of sp³-hybridized carbons (Fsp3) is 0.814. The first-order valence-corrected chi connectivity index (χ1v) is 20.9. The number of benzene rings is 1. The van der Waals surface area contributed by atoms with E-state index in [0.29, 0.717) is 37.1 Å². The summed E-state index contributed by atoms with van der Waals surface area (Å²) in [7, 11) is 0. The van der Waals surface area contributed by atoms with Crippen molar-refractivity contribution in [3.8, 4) is 17.2 Å². The van der Waals surface area contributed by atoms with Gasteiger partial charge in [-0.2, -0.15) is 0 Å². The predicted octanol–water partition coefficient (Wildman–Crippen LogP) is 10.1. The van der Waals surface area contributed by atoms with Gasteiger partial charge in [0.2, 0.25) is 0 Å². The van der Waals surface area contributed by atoms with Crippen molar-refractivity contribution in [1.82, 2.24) is 0 Å². The van der Waals surface area contributed by atoms with Gasteiger partial charge in [0.05, 0.1) is 31.7 Å². The minimum atomic E-state index is -0.178. The highest BCUT2D eigenvalue weighted by Gasteiger charge is 2.35. The Hall–Kier alpha value is -2.12. The maximum atomic E-state index is 13.4. The van der Waals surface area contributed by atoms with Crippen molar-refractivity contribution in [3.63, 3.8) is 0 Å². The van der Waals surface area contributed by atoms with Crippen LogP contribution >= 0.6 is 0 Å². The first-order chi connectivity index (χ1) is 24.5. The van der Waals surface area contributed by atoms with Crippen molar-refractivity contribution in [2.75, 3.05) is 26.4 Å². The first-order valence-electron chi connectivity index (χ1n) is 20.9. The van der Waals surface area contributed by atoms with Crippen molar-refractivity contribution in [3.05, 3.63) is 18.2 Å². The average molecular weight is 695 g/mol. The molecule has 1 aromatic carbocycles. The minimum absolute atomic E-state index is 0.0656. The largest absolute Gasteiger partial charge is 0.487 e. The summed E-state index contributed by atoms with van der Waals surface area (Å²) in [5.74, 6) is 5.76. The molecule has 0 spiro atoms. The molecule has 1 aromatic rings. The zero-order valence-electron chi connectivity index (χ0n) is 31.3. The van der Waals surface area contributed by atoms with E-state index < -0.39 is 0 Å². The molecule has 1 heterocycles. The quantitative estimate of drug-likeness (QED) is 0.0737. The van der Waals surface area contributed by atoms with Gasteiger partial charge in [-0.15, -0.1) is 0 Å². The fourth-order valence-corrected chi connectivity index (χ4v) is 10.1. The van der Waals surface area contributed by atoms with Crippen molar-refractivity contribution >= 4 is 11.9 Å². The lowest BCUT2D eigenvalue weighted by Crippen LogP contribution is -2.30. The molecule has 7 heteroatoms. The molecule has 0 aromatic heterocycles. The van der Waals surface area contributed by atoms with Crippen LogP contribution in [0.5, 0.6) is 17.2 Å². The minimum Gasteiger partial charge on any atom is -0.487 e. The molecule has 280 valence electrons. The summed E-state index contributed by atoms with van der Waals surface area (Å²) in [5.41, 5.74) is 0. The van der Waals surface area contributed by atoms with Crippen LogP contribution in [0.4, 0.5) is 0 Å². The molecule has 4 aliphatic carbocycles. The van der Waals surface area contributed by atoms with Gasteiger partial charge in [0.15, 0.2) is 11.5 Å². The average Bonchev–Trinajstić information content (AvgIpc) is 3.98. The Morgan fingerprint density at radius 1 is 0.620 bits per heavy atom. The SMILES string of the molecule is CCCC1CCC(C2CCC(C(=O)Oc3ccc(OC(=O)C4CCC(C5CCC(CCC)CC5)CC4)c(OCCOCC4CO4)c3)CC2)CC1. The molecule has 0 radical (unpaired) electrons. The fourth-order valence-electron chi connectivity index (χ4n) is 10.1. The number of hydrogen-bond donors (Lipinski definition) is 0. The normalized spacial score (nSPS) is 33.0. The monoisotopic (exact) mass is 694 g/mol. The standard InChI is InChI=1S/C43H66O7/c1-3-5-30-7-11-32(12-8-30)34-15-19-36(20-16-34)42(44)49-38-23-24-40(41(27-38)47-26-25-46-28-39-29-48-39)50-43(45)37-21-17-35(18-22-37)33-13-9-31(6-4-2)10-14-33/h23-24,27,30-37,39H,3-22,25-26,28-29H2,1-2H3. The van der Waals surface area contributed by atoms with Gasteiger partial charge in [-0.1, -0.05) is 65.2 Å². The lowest BCUT2D eigenvalue weighted by molar-refractivity contribution is -0.141. The molecule has 0 N–H and O–H groups in total. The van der Waals surface area contributed by atoms with E-state index in [9.17, 15) is 9.59 Å². The molecule has 4 saturated carbocycles. The molecule has 6 rings (SSSR count). The topological polar surface area (TPSA) is 83.6 Å². The van der Waals surface area contributed by atoms with Gasteiger partial charge in [0, 0.05) is 6.07 Å². The maximum absolute atomic E-state index is 13.4. The smallest absolute Gasteiger partial charge is 0.314 e. The molecule has 1 atom stereocenters. The van der Waals surface area contributed by atoms with Crippen molar-refractivity contribution in [1.29, 1.82) is 0 Å². The summed E-state index contributed by atoms with van der Waals surface area (Å²) in [5, 5.41) is 0. The van der Waals surface area contributed by atoms with Gasteiger partial charge in [-0.3, -0.25) is 9.59 Å². The van der Waals surface area contributed by atoms with Crippen LogP contribution in [-0.4, -0.2) is 44.5 Å². The van der Waals surface area contributed by atoms with Gasteiger partial charge >= 0.3 is 11.9 Å². The molecule has 0 amide bonds. The summed E-state index contributed by atoms with van der Waals surface area (Å²) in [6.07, 6.45) is 24.6. The molecule has 5 fully saturated rings. The third-order valence-electron chi connectivity index (χ3n) is 13.3. The van der Waals surface area contributed by atoms with Crippen LogP contribution in [0.25, 0.3) is 0 Å². The van der Waals surface area contributed by atoms with E-state index in [1.807, 2.05) is 0 Å². The Labute approximate surface area is 302 Å². The van der Waals surface area contributed by atoms with Gasteiger partial charge in [0.25, 0.3) is 0 Å². The molecular weight excluding hydrogens is 628 g/mol. The van der Waals surface area contributed by atoms with E-state index in [0.717, 1.165) is 93.5 Å². The van der Waals surface area contributed by atoms with E-state index >= 15 is 0 Å². The third kappa shape index (κ3) is 10.9. The zero-order chi connectivity index (χ0) is 34.7. The highest BCUT2D eigenvalue weighted by Crippen LogP contribution is 2.44. The van der Waals surface area contributed by atoms with Crippen LogP contribution < -0.4 is 14.2 Å². The Morgan fingerprint density at radius 3 is 1.58 bits per heavy atom. The van der Waals surface area contributed by atoms with Crippen LogP contribution in [0.2, 0.25) is 0 Å². The highest BCUT2D eigenvalue weighted by molar-refractivity contribution is 5.77. The number of hydrogen-bond acceptors (Lipinski definition) is 7. The number of carbonyl (C=O) groups excluding carboxylic acids is 2. The Morgan fingerprint density at radius 2 is 1.10 bits per heavy atom. The van der Waals surface area contributed by atoms with E-state index in [-0.39, 0.29) is 29.9 Å². The number of carbonyl (C=O) groups is 2. The summed E-state index contributed by atoms with van der Waals surface area (Å²) in [6.45, 7) is 6.59. The third-order valence-corrected chi connectivity index (χ3v) is 13.3. The molecule has 1 saturated heterocycles. The van der Waals surface area contributed by atoms with Crippen molar-refractivity contribution < 1.29 is 33.3 Å². The van der Waals surface area contributed by atoms with Crippen LogP contribution in [-0.2, 0) is 19.1 Å². The number of rotatable bonds is 16. The van der Waals surface area contributed by atoms with Gasteiger partial charge < -0.3 is 23.7 Å². The highest BCUT2D eigenvalue weighted by atomic mass is 16.6. The molecule has 5 aliphatic rings. The Bertz CT molecular complexity index is 1180. The second-order valence-electron chi connectivity index (χ2n) is 16.7. The summed E-state index contributed by atoms with van der Waals surface area (Å²) in [4.78, 5) is 26.7. The van der Waals surface area contributed by atoms with Crippen LogP contribution in [0.1, 0.15) is 142 Å². The van der Waals surface area contributed by atoms with Gasteiger partial charge in [-0.25, -0.2) is 0 Å². The van der Waals surface area contributed by atoms with E-state index in [1.165, 1.54) is 77.0 Å². The summed E-state index contributed by atoms with van der Waals surface area (Å²) >= 11 is 0. The molecule has 7 nitrogen and oxygen atoms in total. The predicted molar refractivity (Wildman–Crippen MR) is 195 cm³/mol. The summed E-state index contributed by atoms with van der Waals surface area (Å²) in [6, 6.07) is 5.16. The zero-order valence-corrected chi connectivity index (χ0v) is 31.3. The molecule has 0 bridgehead atoms. The second kappa shape index (κ2) is 19.1. The van der Waals surface area contributed by atoms with Crippen LogP contribution in [0.15, 0.2) is 18.2 Å². The summed E-state index contributed by atoms with van der Waals surface area (Å²) < 4.78 is 28.9.